The predicted molar refractivity (Wildman–Crippen MR) is 74.4 cm³/mol. The van der Waals surface area contributed by atoms with Crippen molar-refractivity contribution in [2.24, 2.45) is 11.8 Å². The highest BCUT2D eigenvalue weighted by atomic mass is 16.2. The van der Waals surface area contributed by atoms with Crippen LogP contribution >= 0.6 is 0 Å². The van der Waals surface area contributed by atoms with E-state index in [0.29, 0.717) is 18.3 Å². The Morgan fingerprint density at radius 2 is 1.72 bits per heavy atom. The largest absolute Gasteiger partial charge is 0.342 e. The van der Waals surface area contributed by atoms with Crippen LogP contribution in [-0.2, 0) is 11.2 Å². The van der Waals surface area contributed by atoms with E-state index < -0.39 is 0 Å². The van der Waals surface area contributed by atoms with Crippen molar-refractivity contribution >= 4 is 5.91 Å². The van der Waals surface area contributed by atoms with Gasteiger partial charge in [0, 0.05) is 13.1 Å². The highest BCUT2D eigenvalue weighted by molar-refractivity contribution is 5.78. The Bertz CT molecular complexity index is 400. The second-order valence-corrected chi connectivity index (χ2v) is 5.91. The monoisotopic (exact) mass is 245 g/mol. The zero-order valence-corrected chi connectivity index (χ0v) is 11.6. The Morgan fingerprint density at radius 3 is 2.28 bits per heavy atom. The molecule has 0 N–H and O–H groups in total. The van der Waals surface area contributed by atoms with Crippen LogP contribution in [0.25, 0.3) is 0 Å². The maximum atomic E-state index is 12.3. The second-order valence-electron chi connectivity index (χ2n) is 5.91. The number of hydrogen-bond donors (Lipinski definition) is 0. The normalized spacial score (nSPS) is 24.1. The van der Waals surface area contributed by atoms with E-state index in [1.165, 1.54) is 12.0 Å². The first-order valence-corrected chi connectivity index (χ1v) is 6.88. The summed E-state index contributed by atoms with van der Waals surface area (Å²) in [5.74, 6) is 1.55. The molecule has 2 atom stereocenters. The smallest absolute Gasteiger partial charge is 0.227 e. The summed E-state index contributed by atoms with van der Waals surface area (Å²) in [6, 6.07) is 8.27. The zero-order valence-electron chi connectivity index (χ0n) is 11.6. The van der Waals surface area contributed by atoms with Crippen molar-refractivity contribution in [2.75, 3.05) is 13.1 Å². The summed E-state index contributed by atoms with van der Waals surface area (Å²) in [6.07, 6.45) is 1.79. The van der Waals surface area contributed by atoms with E-state index in [2.05, 4.69) is 45.0 Å². The van der Waals surface area contributed by atoms with Crippen molar-refractivity contribution in [1.82, 2.24) is 4.90 Å². The molecule has 1 aliphatic heterocycles. The molecule has 0 unspecified atom stereocenters. The van der Waals surface area contributed by atoms with Gasteiger partial charge in [0.2, 0.25) is 5.91 Å². The summed E-state index contributed by atoms with van der Waals surface area (Å²) in [4.78, 5) is 14.3. The third kappa shape index (κ3) is 3.34. The third-order valence-corrected chi connectivity index (χ3v) is 3.70. The van der Waals surface area contributed by atoms with Crippen molar-refractivity contribution in [3.63, 3.8) is 0 Å². The number of likely N-dealkylation sites (tertiary alicyclic amines) is 1. The number of hydrogen-bond acceptors (Lipinski definition) is 1. The average molecular weight is 245 g/mol. The number of benzene rings is 1. The van der Waals surface area contributed by atoms with Crippen molar-refractivity contribution in [3.8, 4) is 0 Å². The first-order chi connectivity index (χ1) is 8.54. The van der Waals surface area contributed by atoms with E-state index in [9.17, 15) is 4.79 Å². The van der Waals surface area contributed by atoms with Gasteiger partial charge >= 0.3 is 0 Å². The molecule has 1 saturated heterocycles. The topological polar surface area (TPSA) is 20.3 Å². The first-order valence-electron chi connectivity index (χ1n) is 6.88. The molecule has 1 aliphatic rings. The molecule has 0 spiro atoms. The Morgan fingerprint density at radius 1 is 1.17 bits per heavy atom. The van der Waals surface area contributed by atoms with Crippen molar-refractivity contribution in [1.29, 1.82) is 0 Å². The highest BCUT2D eigenvalue weighted by Gasteiger charge is 2.25. The van der Waals surface area contributed by atoms with Crippen LogP contribution in [0, 0.1) is 18.8 Å². The van der Waals surface area contributed by atoms with E-state index in [1.807, 2.05) is 4.90 Å². The van der Waals surface area contributed by atoms with Crippen LogP contribution < -0.4 is 0 Å². The summed E-state index contributed by atoms with van der Waals surface area (Å²) >= 11 is 0. The van der Waals surface area contributed by atoms with E-state index >= 15 is 0 Å². The maximum absolute atomic E-state index is 12.3. The van der Waals surface area contributed by atoms with Crippen LogP contribution in [-0.4, -0.2) is 23.9 Å². The van der Waals surface area contributed by atoms with Gasteiger partial charge in [0.15, 0.2) is 0 Å². The van der Waals surface area contributed by atoms with Gasteiger partial charge in [-0.3, -0.25) is 4.79 Å². The fourth-order valence-electron chi connectivity index (χ4n) is 2.86. The van der Waals surface area contributed by atoms with Crippen LogP contribution in [0.2, 0.25) is 0 Å². The molecule has 0 saturated carbocycles. The molecule has 0 aromatic heterocycles. The van der Waals surface area contributed by atoms with Gasteiger partial charge < -0.3 is 4.90 Å². The first kappa shape index (κ1) is 13.1. The predicted octanol–water partition coefficient (Wildman–Crippen LogP) is 3.04. The van der Waals surface area contributed by atoms with Gasteiger partial charge in [-0.05, 0) is 30.7 Å². The minimum Gasteiger partial charge on any atom is -0.342 e. The molecular weight excluding hydrogens is 222 g/mol. The molecule has 1 fully saturated rings. The molecule has 1 amide bonds. The van der Waals surface area contributed by atoms with Gasteiger partial charge in [-0.2, -0.15) is 0 Å². The number of rotatable bonds is 2. The molecule has 2 nitrogen and oxygen atoms in total. The quantitative estimate of drug-likeness (QED) is 0.784. The molecule has 18 heavy (non-hydrogen) atoms. The SMILES string of the molecule is Cc1ccc(CC(=O)N2C[C@@H](C)C[C@H](C)C2)cc1. The number of nitrogens with zero attached hydrogens (tertiary/aromatic N) is 1. The number of piperidine rings is 1. The summed E-state index contributed by atoms with van der Waals surface area (Å²) in [6.45, 7) is 8.40. The average Bonchev–Trinajstić information content (AvgIpc) is 2.31. The molecule has 98 valence electrons. The van der Waals surface area contributed by atoms with Gasteiger partial charge in [0.05, 0.1) is 6.42 Å². The van der Waals surface area contributed by atoms with Crippen molar-refractivity contribution in [2.45, 2.75) is 33.6 Å². The summed E-state index contributed by atoms with van der Waals surface area (Å²) in [5, 5.41) is 0. The molecule has 0 radical (unpaired) electrons. The minimum atomic E-state index is 0.275. The highest BCUT2D eigenvalue weighted by Crippen LogP contribution is 2.21. The fourth-order valence-corrected chi connectivity index (χ4v) is 2.86. The molecule has 0 bridgehead atoms. The third-order valence-electron chi connectivity index (χ3n) is 3.70. The second kappa shape index (κ2) is 5.55. The number of carbonyl (C=O) groups is 1. The summed E-state index contributed by atoms with van der Waals surface area (Å²) in [7, 11) is 0. The van der Waals surface area contributed by atoms with Gasteiger partial charge in [0.1, 0.15) is 0 Å². The molecule has 0 aliphatic carbocycles. The van der Waals surface area contributed by atoms with Crippen LogP contribution in [0.15, 0.2) is 24.3 Å². The Labute approximate surface area is 110 Å². The lowest BCUT2D eigenvalue weighted by atomic mass is 9.91. The lowest BCUT2D eigenvalue weighted by molar-refractivity contribution is -0.133. The zero-order chi connectivity index (χ0) is 13.1. The lowest BCUT2D eigenvalue weighted by Gasteiger charge is -2.35. The Balaban J connectivity index is 1.97. The van der Waals surface area contributed by atoms with Gasteiger partial charge in [0.25, 0.3) is 0 Å². The lowest BCUT2D eigenvalue weighted by Crippen LogP contribution is -2.43. The number of carbonyl (C=O) groups excluding carboxylic acids is 1. The Kier molecular flexibility index (Phi) is 4.05. The van der Waals surface area contributed by atoms with Gasteiger partial charge in [-0.15, -0.1) is 0 Å². The van der Waals surface area contributed by atoms with E-state index in [1.54, 1.807) is 0 Å². The van der Waals surface area contributed by atoms with E-state index in [-0.39, 0.29) is 5.91 Å². The van der Waals surface area contributed by atoms with E-state index in [0.717, 1.165) is 18.7 Å². The maximum Gasteiger partial charge on any atom is 0.227 e. The summed E-state index contributed by atoms with van der Waals surface area (Å²) < 4.78 is 0. The minimum absolute atomic E-state index is 0.275. The van der Waals surface area contributed by atoms with Gasteiger partial charge in [-0.25, -0.2) is 0 Å². The Hall–Kier alpha value is -1.31. The van der Waals surface area contributed by atoms with Crippen LogP contribution in [0.1, 0.15) is 31.4 Å². The number of amides is 1. The summed E-state index contributed by atoms with van der Waals surface area (Å²) in [5.41, 5.74) is 2.36. The van der Waals surface area contributed by atoms with Gasteiger partial charge in [-0.1, -0.05) is 43.7 Å². The standard InChI is InChI=1S/C16H23NO/c1-12-4-6-15(7-5-12)9-16(18)17-10-13(2)8-14(3)11-17/h4-7,13-14H,8-11H2,1-3H3/t13-,14-/m0/s1. The molecule has 1 aromatic carbocycles. The fraction of sp³-hybridized carbons (Fsp3) is 0.562. The molecule has 2 heteroatoms. The van der Waals surface area contributed by atoms with Crippen molar-refractivity contribution < 1.29 is 4.79 Å². The van der Waals surface area contributed by atoms with Crippen LogP contribution in [0.4, 0.5) is 0 Å². The molecule has 2 rings (SSSR count). The van der Waals surface area contributed by atoms with Crippen LogP contribution in [0.5, 0.6) is 0 Å². The molecular formula is C16H23NO. The number of aryl methyl sites for hydroxylation is 1. The van der Waals surface area contributed by atoms with Crippen molar-refractivity contribution in [3.05, 3.63) is 35.4 Å². The molecule has 1 heterocycles. The van der Waals surface area contributed by atoms with Crippen LogP contribution in [0.3, 0.4) is 0 Å². The van der Waals surface area contributed by atoms with E-state index in [4.69, 9.17) is 0 Å². The molecule has 1 aromatic rings.